The summed E-state index contributed by atoms with van der Waals surface area (Å²) in [6.45, 7) is 6.26. The number of thiophene rings is 1. The summed E-state index contributed by atoms with van der Waals surface area (Å²) in [5, 5.41) is 7.70. The van der Waals surface area contributed by atoms with Crippen molar-refractivity contribution in [3.8, 4) is 0 Å². The van der Waals surface area contributed by atoms with E-state index in [4.69, 9.17) is 0 Å². The molecule has 4 aromatic rings. The van der Waals surface area contributed by atoms with Crippen molar-refractivity contribution in [3.63, 3.8) is 0 Å². The number of aromatic nitrogens is 1. The number of aromatic amines is 1. The fraction of sp³-hybridized carbons (Fsp3) is 0.154. The van der Waals surface area contributed by atoms with Crippen LogP contribution >= 0.6 is 11.3 Å². The van der Waals surface area contributed by atoms with Crippen molar-refractivity contribution in [2.45, 2.75) is 26.8 Å². The largest absolute Gasteiger partial charge is 0.313 e. The van der Waals surface area contributed by atoms with Crippen molar-refractivity contribution >= 4 is 28.1 Å². The molecule has 0 radical (unpaired) electrons. The molecule has 0 aliphatic heterocycles. The van der Waals surface area contributed by atoms with E-state index in [9.17, 15) is 4.79 Å². The van der Waals surface area contributed by atoms with E-state index in [-0.39, 0.29) is 11.9 Å². The zero-order valence-corrected chi connectivity index (χ0v) is 18.7. The van der Waals surface area contributed by atoms with Gasteiger partial charge in [0.1, 0.15) is 11.0 Å². The van der Waals surface area contributed by atoms with Crippen molar-refractivity contribution in [1.82, 2.24) is 0 Å². The van der Waals surface area contributed by atoms with Gasteiger partial charge in [-0.15, -0.1) is 11.3 Å². The number of aryl methyl sites for hydroxylation is 2. The molecule has 0 aliphatic carbocycles. The molecule has 156 valence electrons. The molecule has 2 heterocycles. The average molecular weight is 429 g/mol. The van der Waals surface area contributed by atoms with Crippen molar-refractivity contribution in [2.75, 3.05) is 10.6 Å². The maximum absolute atomic E-state index is 12.9. The summed E-state index contributed by atoms with van der Waals surface area (Å²) in [6.07, 6.45) is 0. The Morgan fingerprint density at radius 1 is 0.871 bits per heavy atom. The van der Waals surface area contributed by atoms with E-state index in [0.29, 0.717) is 5.56 Å². The van der Waals surface area contributed by atoms with Crippen LogP contribution in [0.4, 0.5) is 10.8 Å². The van der Waals surface area contributed by atoms with Gasteiger partial charge in [-0.2, -0.15) is 0 Å². The lowest BCUT2D eigenvalue weighted by molar-refractivity contribution is -0.371. The predicted octanol–water partition coefficient (Wildman–Crippen LogP) is 5.94. The molecule has 0 bridgehead atoms. The van der Waals surface area contributed by atoms with Gasteiger partial charge in [-0.3, -0.25) is 10.1 Å². The first-order valence-corrected chi connectivity index (χ1v) is 11.1. The normalized spacial score (nSPS) is 11.7. The first-order chi connectivity index (χ1) is 15.0. The van der Waals surface area contributed by atoms with Gasteiger partial charge in [0.15, 0.2) is 0 Å². The minimum Gasteiger partial charge on any atom is -0.313 e. The second kappa shape index (κ2) is 9.14. The molecule has 4 nitrogen and oxygen atoms in total. The first-order valence-electron chi connectivity index (χ1n) is 10.3. The molecular formula is C26H26N3OS+. The summed E-state index contributed by atoms with van der Waals surface area (Å²) in [5.41, 5.74) is 5.13. The summed E-state index contributed by atoms with van der Waals surface area (Å²) in [7, 11) is 0. The molecule has 5 heteroatoms. The second-order valence-corrected chi connectivity index (χ2v) is 8.81. The maximum Gasteiger partial charge on any atom is 0.273 e. The Hall–Kier alpha value is -3.44. The Labute approximate surface area is 187 Å². The van der Waals surface area contributed by atoms with E-state index in [2.05, 4.69) is 41.6 Å². The molecule has 1 atom stereocenters. The number of hydrogen-bond acceptors (Lipinski definition) is 3. The Morgan fingerprint density at radius 3 is 2.23 bits per heavy atom. The quantitative estimate of drug-likeness (QED) is 0.399. The summed E-state index contributed by atoms with van der Waals surface area (Å²) < 4.78 is 0. The van der Waals surface area contributed by atoms with Crippen molar-refractivity contribution in [2.24, 2.45) is 0 Å². The number of carbonyl (C=O) groups excluding carboxylic acids is 1. The van der Waals surface area contributed by atoms with Gasteiger partial charge in [-0.1, -0.05) is 54.6 Å². The highest BCUT2D eigenvalue weighted by molar-refractivity contribution is 7.16. The molecule has 1 amide bonds. The number of H-pyrrole nitrogens is 1. The van der Waals surface area contributed by atoms with Gasteiger partial charge in [0.25, 0.3) is 11.7 Å². The zero-order valence-electron chi connectivity index (χ0n) is 17.9. The number of anilines is 2. The molecule has 0 spiro atoms. The number of carbonyl (C=O) groups is 1. The minimum absolute atomic E-state index is 0.1000. The molecule has 3 N–H and O–H groups in total. The minimum atomic E-state index is -0.115. The van der Waals surface area contributed by atoms with E-state index < -0.39 is 0 Å². The highest BCUT2D eigenvalue weighted by Gasteiger charge is 2.28. The number of nitrogens with one attached hydrogen (secondary N) is 3. The van der Waals surface area contributed by atoms with Gasteiger partial charge >= 0.3 is 0 Å². The third kappa shape index (κ3) is 4.67. The highest BCUT2D eigenvalue weighted by atomic mass is 32.1. The van der Waals surface area contributed by atoms with Crippen molar-refractivity contribution < 1.29 is 9.78 Å². The average Bonchev–Trinajstić information content (AvgIpc) is 3.06. The number of amides is 1. The lowest BCUT2D eigenvalue weighted by atomic mass is 9.96. The van der Waals surface area contributed by atoms with Gasteiger partial charge in [-0.05, 0) is 44.5 Å². The van der Waals surface area contributed by atoms with Crippen LogP contribution < -0.4 is 15.6 Å². The Kier molecular flexibility index (Phi) is 6.14. The van der Waals surface area contributed by atoms with Gasteiger partial charge < -0.3 is 5.32 Å². The molecule has 0 saturated heterocycles. The molecule has 0 aliphatic rings. The SMILES string of the molecule is Cc1cccc(N[C@H](c2ccccc2)c2c(NC(=O)c3ccccc3)sc(C)c2C)[nH+]1. The first kappa shape index (κ1) is 20.8. The third-order valence-electron chi connectivity index (χ3n) is 5.36. The molecule has 0 fully saturated rings. The monoisotopic (exact) mass is 428 g/mol. The van der Waals surface area contributed by atoms with Crippen LogP contribution in [0.5, 0.6) is 0 Å². The summed E-state index contributed by atoms with van der Waals surface area (Å²) in [4.78, 5) is 17.5. The summed E-state index contributed by atoms with van der Waals surface area (Å²) >= 11 is 1.62. The fourth-order valence-corrected chi connectivity index (χ4v) is 4.74. The van der Waals surface area contributed by atoms with Crippen LogP contribution in [0.25, 0.3) is 0 Å². The molecule has 0 unspecified atom stereocenters. The van der Waals surface area contributed by atoms with E-state index in [1.165, 1.54) is 10.4 Å². The number of rotatable bonds is 6. The van der Waals surface area contributed by atoms with Crippen LogP contribution in [0, 0.1) is 20.8 Å². The Bertz CT molecular complexity index is 1190. The Morgan fingerprint density at radius 2 is 1.55 bits per heavy atom. The second-order valence-electron chi connectivity index (χ2n) is 7.58. The van der Waals surface area contributed by atoms with Crippen LogP contribution in [-0.4, -0.2) is 5.91 Å². The van der Waals surface area contributed by atoms with Gasteiger partial charge in [0, 0.05) is 27.6 Å². The maximum atomic E-state index is 12.9. The summed E-state index contributed by atoms with van der Waals surface area (Å²) in [5.74, 6) is 0.828. The number of pyridine rings is 1. The van der Waals surface area contributed by atoms with Crippen LogP contribution in [-0.2, 0) is 0 Å². The van der Waals surface area contributed by atoms with Crippen molar-refractivity contribution in [1.29, 1.82) is 0 Å². The lowest BCUT2D eigenvalue weighted by Crippen LogP contribution is -2.22. The molecule has 2 aromatic carbocycles. The van der Waals surface area contributed by atoms with E-state index in [1.54, 1.807) is 11.3 Å². The Balaban J connectivity index is 1.76. The molecule has 31 heavy (non-hydrogen) atoms. The van der Waals surface area contributed by atoms with Crippen LogP contribution in [0.15, 0.2) is 78.9 Å². The van der Waals surface area contributed by atoms with E-state index in [0.717, 1.165) is 27.6 Å². The van der Waals surface area contributed by atoms with E-state index in [1.807, 2.05) is 73.7 Å². The van der Waals surface area contributed by atoms with Crippen LogP contribution in [0.1, 0.15) is 43.7 Å². The van der Waals surface area contributed by atoms with E-state index >= 15 is 0 Å². The van der Waals surface area contributed by atoms with Crippen LogP contribution in [0.2, 0.25) is 0 Å². The highest BCUT2D eigenvalue weighted by Crippen LogP contribution is 2.40. The van der Waals surface area contributed by atoms with Gasteiger partial charge in [-0.25, -0.2) is 4.98 Å². The van der Waals surface area contributed by atoms with Gasteiger partial charge in [0.05, 0.1) is 5.69 Å². The van der Waals surface area contributed by atoms with Crippen LogP contribution in [0.3, 0.4) is 0 Å². The fourth-order valence-electron chi connectivity index (χ4n) is 3.64. The number of benzene rings is 2. The van der Waals surface area contributed by atoms with Crippen molar-refractivity contribution in [3.05, 3.63) is 112 Å². The third-order valence-corrected chi connectivity index (χ3v) is 6.50. The van der Waals surface area contributed by atoms with Gasteiger partial charge in [0.2, 0.25) is 0 Å². The topological polar surface area (TPSA) is 55.3 Å². The summed E-state index contributed by atoms with van der Waals surface area (Å²) in [6, 6.07) is 25.6. The zero-order chi connectivity index (χ0) is 21.8. The molecule has 2 aromatic heterocycles. The number of hydrogen-bond donors (Lipinski definition) is 2. The lowest BCUT2D eigenvalue weighted by Gasteiger charge is -2.18. The standard InChI is InChI=1S/C26H25N3OS/c1-17-11-10-16-22(27-17)28-24(20-12-6-4-7-13-20)23-18(2)19(3)31-26(23)29-25(30)21-14-8-5-9-15-21/h4-16,24H,1-3H3,(H,27,28)(H,29,30)/p+1/t24-/m1/s1. The predicted molar refractivity (Wildman–Crippen MR) is 128 cm³/mol. The smallest absolute Gasteiger partial charge is 0.273 e. The molecular weight excluding hydrogens is 402 g/mol. The molecule has 4 rings (SSSR count). The molecule has 0 saturated carbocycles.